The average molecular weight is 257 g/mol. The van der Waals surface area contributed by atoms with E-state index in [1.165, 1.54) is 0 Å². The fraction of sp³-hybridized carbons (Fsp3) is 0.312. The molecule has 0 atom stereocenters. The van der Waals surface area contributed by atoms with Gasteiger partial charge in [-0.3, -0.25) is 4.79 Å². The van der Waals surface area contributed by atoms with Crippen molar-refractivity contribution < 1.29 is 9.53 Å². The van der Waals surface area contributed by atoms with Crippen LogP contribution in [-0.4, -0.2) is 17.0 Å². The Morgan fingerprint density at radius 3 is 2.63 bits per heavy atom. The standard InChI is InChI=1S/C16H19NO2/c1-12(2)14-6-4-5-7-16(14)19-11-15(18)13-8-9-17(3)10-13/h4-10,12H,11H2,1-3H3. The number of aromatic nitrogens is 1. The Morgan fingerprint density at radius 1 is 1.26 bits per heavy atom. The van der Waals surface area contributed by atoms with Gasteiger partial charge < -0.3 is 9.30 Å². The van der Waals surface area contributed by atoms with Gasteiger partial charge in [0.05, 0.1) is 0 Å². The number of Topliss-reactive ketones (excluding diaryl/α,β-unsaturated/α-hetero) is 1. The Bertz CT molecular complexity index is 570. The third-order valence-corrected chi connectivity index (χ3v) is 3.05. The van der Waals surface area contributed by atoms with Crippen molar-refractivity contribution in [3.8, 4) is 5.75 Å². The minimum absolute atomic E-state index is 0.000779. The zero-order chi connectivity index (χ0) is 13.8. The molecule has 0 N–H and O–H groups in total. The fourth-order valence-electron chi connectivity index (χ4n) is 1.98. The molecule has 0 spiro atoms. The van der Waals surface area contributed by atoms with Gasteiger partial charge in [-0.2, -0.15) is 0 Å². The first-order valence-corrected chi connectivity index (χ1v) is 6.45. The molecule has 3 heteroatoms. The Balaban J connectivity index is 2.05. The molecule has 0 aliphatic rings. The fourth-order valence-corrected chi connectivity index (χ4v) is 1.98. The zero-order valence-corrected chi connectivity index (χ0v) is 11.6. The summed E-state index contributed by atoms with van der Waals surface area (Å²) in [4.78, 5) is 12.0. The van der Waals surface area contributed by atoms with E-state index in [1.807, 2.05) is 42.1 Å². The van der Waals surface area contributed by atoms with Crippen molar-refractivity contribution in [1.29, 1.82) is 0 Å². The van der Waals surface area contributed by atoms with E-state index in [0.29, 0.717) is 11.5 Å². The van der Waals surface area contributed by atoms with E-state index in [1.54, 1.807) is 12.3 Å². The summed E-state index contributed by atoms with van der Waals surface area (Å²) in [5.41, 5.74) is 1.81. The first-order valence-electron chi connectivity index (χ1n) is 6.45. The van der Waals surface area contributed by atoms with Crippen molar-refractivity contribution in [3.05, 3.63) is 53.9 Å². The summed E-state index contributed by atoms with van der Waals surface area (Å²) in [5, 5.41) is 0. The largest absolute Gasteiger partial charge is 0.485 e. The second-order valence-electron chi connectivity index (χ2n) is 4.97. The van der Waals surface area contributed by atoms with Gasteiger partial charge in [0.25, 0.3) is 0 Å². The highest BCUT2D eigenvalue weighted by Gasteiger charge is 2.11. The molecule has 2 aromatic rings. The molecule has 0 bridgehead atoms. The molecule has 0 amide bonds. The summed E-state index contributed by atoms with van der Waals surface area (Å²) in [5.74, 6) is 1.17. The van der Waals surface area contributed by atoms with Crippen molar-refractivity contribution in [2.75, 3.05) is 6.61 Å². The van der Waals surface area contributed by atoms with E-state index in [9.17, 15) is 4.79 Å². The van der Waals surface area contributed by atoms with Gasteiger partial charge in [0.2, 0.25) is 5.78 Å². The second kappa shape index (κ2) is 5.74. The molecular formula is C16H19NO2. The number of para-hydroxylation sites is 1. The number of hydrogen-bond donors (Lipinski definition) is 0. The summed E-state index contributed by atoms with van der Waals surface area (Å²) in [6, 6.07) is 9.66. The van der Waals surface area contributed by atoms with Gasteiger partial charge in [-0.25, -0.2) is 0 Å². The number of rotatable bonds is 5. The Kier molecular flexibility index (Phi) is 4.05. The van der Waals surface area contributed by atoms with Crippen LogP contribution in [0.4, 0.5) is 0 Å². The van der Waals surface area contributed by atoms with Crippen molar-refractivity contribution in [2.24, 2.45) is 7.05 Å². The normalized spacial score (nSPS) is 10.7. The third kappa shape index (κ3) is 3.25. The lowest BCUT2D eigenvalue weighted by atomic mass is 10.0. The molecule has 0 fully saturated rings. The Hall–Kier alpha value is -2.03. The van der Waals surface area contributed by atoms with Crippen LogP contribution < -0.4 is 4.74 Å². The van der Waals surface area contributed by atoms with Crippen molar-refractivity contribution in [3.63, 3.8) is 0 Å². The Morgan fingerprint density at radius 2 is 2.00 bits per heavy atom. The van der Waals surface area contributed by atoms with E-state index in [4.69, 9.17) is 4.74 Å². The summed E-state index contributed by atoms with van der Waals surface area (Å²) < 4.78 is 7.52. The number of aryl methyl sites for hydroxylation is 1. The monoisotopic (exact) mass is 257 g/mol. The predicted molar refractivity (Wildman–Crippen MR) is 75.8 cm³/mol. The summed E-state index contributed by atoms with van der Waals surface area (Å²) in [6.07, 6.45) is 3.66. The van der Waals surface area contributed by atoms with Crippen LogP contribution in [-0.2, 0) is 7.05 Å². The second-order valence-corrected chi connectivity index (χ2v) is 4.97. The maximum absolute atomic E-state index is 12.0. The predicted octanol–water partition coefficient (Wildman–Crippen LogP) is 3.41. The van der Waals surface area contributed by atoms with Gasteiger partial charge in [0.1, 0.15) is 5.75 Å². The molecule has 1 aromatic heterocycles. The molecule has 0 radical (unpaired) electrons. The summed E-state index contributed by atoms with van der Waals surface area (Å²) >= 11 is 0. The summed E-state index contributed by atoms with van der Waals surface area (Å²) in [7, 11) is 1.89. The number of nitrogens with zero attached hydrogens (tertiary/aromatic N) is 1. The molecule has 2 rings (SSSR count). The van der Waals surface area contributed by atoms with Crippen molar-refractivity contribution in [1.82, 2.24) is 4.57 Å². The van der Waals surface area contributed by atoms with Crippen LogP contribution in [0.5, 0.6) is 5.75 Å². The molecule has 100 valence electrons. The van der Waals surface area contributed by atoms with Gasteiger partial charge in [-0.1, -0.05) is 32.0 Å². The highest BCUT2D eigenvalue weighted by Crippen LogP contribution is 2.25. The molecule has 3 nitrogen and oxygen atoms in total. The van der Waals surface area contributed by atoms with Crippen LogP contribution in [0.15, 0.2) is 42.7 Å². The number of hydrogen-bond acceptors (Lipinski definition) is 2. The number of ketones is 1. The summed E-state index contributed by atoms with van der Waals surface area (Å²) in [6.45, 7) is 4.30. The van der Waals surface area contributed by atoms with Gasteiger partial charge >= 0.3 is 0 Å². The minimum Gasteiger partial charge on any atom is -0.485 e. The molecule has 0 unspecified atom stereocenters. The maximum atomic E-state index is 12.0. The van der Waals surface area contributed by atoms with Gasteiger partial charge in [-0.05, 0) is 23.6 Å². The lowest BCUT2D eigenvalue weighted by Crippen LogP contribution is -2.12. The molecular weight excluding hydrogens is 238 g/mol. The molecule has 0 aliphatic heterocycles. The topological polar surface area (TPSA) is 31.2 Å². The van der Waals surface area contributed by atoms with Crippen LogP contribution in [0.3, 0.4) is 0 Å². The van der Waals surface area contributed by atoms with E-state index in [-0.39, 0.29) is 12.4 Å². The minimum atomic E-state index is -0.000779. The molecule has 19 heavy (non-hydrogen) atoms. The van der Waals surface area contributed by atoms with Crippen LogP contribution in [0, 0.1) is 0 Å². The maximum Gasteiger partial charge on any atom is 0.201 e. The SMILES string of the molecule is CC(C)c1ccccc1OCC(=O)c1ccn(C)c1. The lowest BCUT2D eigenvalue weighted by Gasteiger charge is -2.13. The van der Waals surface area contributed by atoms with Crippen LogP contribution in [0.1, 0.15) is 35.7 Å². The molecule has 0 saturated carbocycles. The first kappa shape index (κ1) is 13.4. The number of carbonyl (C=O) groups excluding carboxylic acids is 1. The van der Waals surface area contributed by atoms with Crippen LogP contribution >= 0.6 is 0 Å². The molecule has 0 aliphatic carbocycles. The van der Waals surface area contributed by atoms with Crippen molar-refractivity contribution in [2.45, 2.75) is 19.8 Å². The first-order chi connectivity index (χ1) is 9.08. The smallest absolute Gasteiger partial charge is 0.201 e. The van der Waals surface area contributed by atoms with E-state index in [2.05, 4.69) is 13.8 Å². The molecule has 1 aromatic carbocycles. The quantitative estimate of drug-likeness (QED) is 0.769. The number of carbonyl (C=O) groups is 1. The van der Waals surface area contributed by atoms with Gasteiger partial charge in [0.15, 0.2) is 6.61 Å². The Labute approximate surface area is 113 Å². The van der Waals surface area contributed by atoms with Gasteiger partial charge in [0, 0.05) is 25.0 Å². The van der Waals surface area contributed by atoms with Gasteiger partial charge in [-0.15, -0.1) is 0 Å². The number of benzene rings is 1. The van der Waals surface area contributed by atoms with E-state index < -0.39 is 0 Å². The average Bonchev–Trinajstić information content (AvgIpc) is 2.83. The van der Waals surface area contributed by atoms with E-state index >= 15 is 0 Å². The zero-order valence-electron chi connectivity index (χ0n) is 11.6. The molecule has 1 heterocycles. The van der Waals surface area contributed by atoms with E-state index in [0.717, 1.165) is 11.3 Å². The third-order valence-electron chi connectivity index (χ3n) is 3.05. The highest BCUT2D eigenvalue weighted by atomic mass is 16.5. The molecule has 0 saturated heterocycles. The highest BCUT2D eigenvalue weighted by molar-refractivity contribution is 5.97. The lowest BCUT2D eigenvalue weighted by molar-refractivity contribution is 0.0920. The van der Waals surface area contributed by atoms with Crippen LogP contribution in [0.2, 0.25) is 0 Å². The number of ether oxygens (including phenoxy) is 1. The van der Waals surface area contributed by atoms with Crippen molar-refractivity contribution >= 4 is 5.78 Å². The van der Waals surface area contributed by atoms with Crippen LogP contribution in [0.25, 0.3) is 0 Å².